The van der Waals surface area contributed by atoms with Crippen LogP contribution >= 0.6 is 11.3 Å². The third-order valence-electron chi connectivity index (χ3n) is 5.51. The van der Waals surface area contributed by atoms with Gasteiger partial charge in [-0.3, -0.25) is 4.79 Å². The first-order valence-electron chi connectivity index (χ1n) is 10.2. The Bertz CT molecular complexity index is 1360. The minimum atomic E-state index is -0.548. The van der Waals surface area contributed by atoms with E-state index >= 15 is 0 Å². The number of pyridine rings is 1. The van der Waals surface area contributed by atoms with Gasteiger partial charge in [-0.15, -0.1) is 11.3 Å². The molecule has 0 amide bonds. The molecule has 0 unspecified atom stereocenters. The highest BCUT2D eigenvalue weighted by Crippen LogP contribution is 2.38. The highest BCUT2D eigenvalue weighted by atomic mass is 32.1. The topological polar surface area (TPSA) is 56.3 Å². The quantitative estimate of drug-likeness (QED) is 0.282. The summed E-state index contributed by atoms with van der Waals surface area (Å²) in [6, 6.07) is 16.7. The SMILES string of the molecule is O=C(COC(=O)c1c2c(nc3ccccc13)/C(=C/c1cccs1)CC2)c1ccc(F)cc1. The summed E-state index contributed by atoms with van der Waals surface area (Å²) in [5.41, 5.74) is 4.23. The molecule has 0 spiro atoms. The Kier molecular flexibility index (Phi) is 5.37. The van der Waals surface area contributed by atoms with Gasteiger partial charge in [-0.2, -0.15) is 0 Å². The van der Waals surface area contributed by atoms with Crippen molar-refractivity contribution in [1.29, 1.82) is 0 Å². The summed E-state index contributed by atoms with van der Waals surface area (Å²) in [4.78, 5) is 31.5. The van der Waals surface area contributed by atoms with E-state index in [0.717, 1.165) is 28.1 Å². The van der Waals surface area contributed by atoms with E-state index in [2.05, 4.69) is 6.08 Å². The molecule has 4 nitrogen and oxygen atoms in total. The van der Waals surface area contributed by atoms with E-state index in [-0.39, 0.29) is 5.78 Å². The molecule has 0 saturated carbocycles. The van der Waals surface area contributed by atoms with Crippen molar-refractivity contribution in [2.75, 3.05) is 6.61 Å². The molecule has 158 valence electrons. The molecule has 4 aromatic rings. The predicted molar refractivity (Wildman–Crippen MR) is 123 cm³/mol. The lowest BCUT2D eigenvalue weighted by atomic mass is 10.0. The number of benzene rings is 2. The molecule has 2 aromatic heterocycles. The molecule has 32 heavy (non-hydrogen) atoms. The van der Waals surface area contributed by atoms with Crippen LogP contribution in [0.5, 0.6) is 0 Å². The fraction of sp³-hybridized carbons (Fsp3) is 0.115. The fourth-order valence-corrected chi connectivity index (χ4v) is 4.66. The molecule has 0 saturated heterocycles. The minimum absolute atomic E-state index is 0.296. The summed E-state index contributed by atoms with van der Waals surface area (Å²) in [5, 5.41) is 2.74. The maximum atomic E-state index is 13.2. The number of carbonyl (C=O) groups is 2. The van der Waals surface area contributed by atoms with E-state index in [1.165, 1.54) is 24.3 Å². The van der Waals surface area contributed by atoms with E-state index in [1.807, 2.05) is 41.8 Å². The number of hydrogen-bond acceptors (Lipinski definition) is 5. The Balaban J connectivity index is 1.49. The summed E-state index contributed by atoms with van der Waals surface area (Å²) in [6.07, 6.45) is 3.58. The number of aromatic nitrogens is 1. The number of ether oxygens (including phenoxy) is 1. The molecule has 2 aromatic carbocycles. The van der Waals surface area contributed by atoms with Crippen molar-refractivity contribution >= 4 is 45.6 Å². The Hall–Kier alpha value is -3.64. The highest BCUT2D eigenvalue weighted by molar-refractivity contribution is 7.10. The number of para-hydroxylation sites is 1. The summed E-state index contributed by atoms with van der Waals surface area (Å²) in [6.45, 7) is -0.409. The maximum Gasteiger partial charge on any atom is 0.339 e. The summed E-state index contributed by atoms with van der Waals surface area (Å²) < 4.78 is 18.5. The smallest absolute Gasteiger partial charge is 0.339 e. The summed E-state index contributed by atoms with van der Waals surface area (Å²) in [5.74, 6) is -1.36. The summed E-state index contributed by atoms with van der Waals surface area (Å²) in [7, 11) is 0. The fourth-order valence-electron chi connectivity index (χ4n) is 3.98. The third kappa shape index (κ3) is 3.85. The zero-order valence-electron chi connectivity index (χ0n) is 17.0. The molecule has 0 radical (unpaired) electrons. The molecule has 0 bridgehead atoms. The van der Waals surface area contributed by atoms with Crippen molar-refractivity contribution in [3.05, 3.63) is 99.1 Å². The largest absolute Gasteiger partial charge is 0.454 e. The summed E-state index contributed by atoms with van der Waals surface area (Å²) >= 11 is 1.65. The molecular weight excluding hydrogens is 425 g/mol. The first-order valence-corrected chi connectivity index (χ1v) is 11.1. The van der Waals surface area contributed by atoms with Crippen LogP contribution < -0.4 is 0 Å². The number of ketones is 1. The van der Waals surface area contributed by atoms with Gasteiger partial charge in [0.15, 0.2) is 12.4 Å². The van der Waals surface area contributed by atoms with Crippen LogP contribution in [0.3, 0.4) is 0 Å². The van der Waals surface area contributed by atoms with Gasteiger partial charge < -0.3 is 4.74 Å². The maximum absolute atomic E-state index is 13.2. The van der Waals surface area contributed by atoms with E-state index in [4.69, 9.17) is 9.72 Å². The number of Topliss-reactive ketones (excluding diaryl/α,β-unsaturated/α-hetero) is 1. The number of halogens is 1. The number of nitrogens with zero attached hydrogens (tertiary/aromatic N) is 1. The molecule has 0 atom stereocenters. The van der Waals surface area contributed by atoms with Crippen LogP contribution in [0.2, 0.25) is 0 Å². The highest BCUT2D eigenvalue weighted by Gasteiger charge is 2.28. The predicted octanol–water partition coefficient (Wildman–Crippen LogP) is 5.96. The Morgan fingerprint density at radius 1 is 1.03 bits per heavy atom. The lowest BCUT2D eigenvalue weighted by Crippen LogP contribution is -2.16. The van der Waals surface area contributed by atoms with Crippen molar-refractivity contribution in [3.8, 4) is 0 Å². The lowest BCUT2D eigenvalue weighted by Gasteiger charge is -2.12. The normalized spacial score (nSPS) is 14.0. The lowest BCUT2D eigenvalue weighted by molar-refractivity contribution is 0.0475. The van der Waals surface area contributed by atoms with Crippen molar-refractivity contribution in [1.82, 2.24) is 4.98 Å². The van der Waals surface area contributed by atoms with Gasteiger partial charge in [-0.25, -0.2) is 14.2 Å². The van der Waals surface area contributed by atoms with Crippen LogP contribution in [-0.4, -0.2) is 23.3 Å². The molecule has 6 heteroatoms. The Morgan fingerprint density at radius 2 is 1.84 bits per heavy atom. The zero-order chi connectivity index (χ0) is 22.1. The van der Waals surface area contributed by atoms with Gasteiger partial charge in [0.1, 0.15) is 5.82 Å². The Labute approximate surface area is 188 Å². The van der Waals surface area contributed by atoms with Crippen molar-refractivity contribution in [2.24, 2.45) is 0 Å². The number of allylic oxidation sites excluding steroid dienone is 1. The van der Waals surface area contributed by atoms with Gasteiger partial charge in [0.05, 0.1) is 16.8 Å². The second-order valence-corrected chi connectivity index (χ2v) is 8.50. The molecular formula is C26H18FNO3S. The van der Waals surface area contributed by atoms with Crippen molar-refractivity contribution < 1.29 is 18.7 Å². The number of hydrogen-bond donors (Lipinski definition) is 0. The van der Waals surface area contributed by atoms with Crippen LogP contribution in [0.15, 0.2) is 66.0 Å². The van der Waals surface area contributed by atoms with Crippen LogP contribution in [0.4, 0.5) is 4.39 Å². The van der Waals surface area contributed by atoms with E-state index < -0.39 is 18.4 Å². The minimum Gasteiger partial charge on any atom is -0.454 e. The first kappa shape index (κ1) is 20.3. The Morgan fingerprint density at radius 3 is 2.62 bits per heavy atom. The van der Waals surface area contributed by atoms with Crippen molar-refractivity contribution in [2.45, 2.75) is 12.8 Å². The molecule has 1 aliphatic rings. The molecule has 2 heterocycles. The molecule has 0 N–H and O–H groups in total. The number of carbonyl (C=O) groups excluding carboxylic acids is 2. The average molecular weight is 443 g/mol. The second-order valence-electron chi connectivity index (χ2n) is 7.52. The van der Waals surface area contributed by atoms with Gasteiger partial charge in [0, 0.05) is 15.8 Å². The number of fused-ring (bicyclic) bond motifs is 2. The van der Waals surface area contributed by atoms with Gasteiger partial charge in [0.2, 0.25) is 0 Å². The van der Waals surface area contributed by atoms with Gasteiger partial charge in [-0.1, -0.05) is 24.3 Å². The molecule has 0 aliphatic heterocycles. The number of rotatable bonds is 5. The third-order valence-corrected chi connectivity index (χ3v) is 6.33. The van der Waals surface area contributed by atoms with Gasteiger partial charge >= 0.3 is 5.97 Å². The van der Waals surface area contributed by atoms with Crippen LogP contribution in [-0.2, 0) is 11.2 Å². The van der Waals surface area contributed by atoms with Crippen molar-refractivity contribution in [3.63, 3.8) is 0 Å². The van der Waals surface area contributed by atoms with Crippen LogP contribution in [0, 0.1) is 5.82 Å². The second kappa shape index (κ2) is 8.48. The number of thiophene rings is 1. The molecule has 1 aliphatic carbocycles. The van der Waals surface area contributed by atoms with E-state index in [1.54, 1.807) is 11.3 Å². The van der Waals surface area contributed by atoms with Crippen LogP contribution in [0.25, 0.3) is 22.6 Å². The van der Waals surface area contributed by atoms with Gasteiger partial charge in [0.25, 0.3) is 0 Å². The van der Waals surface area contributed by atoms with E-state index in [9.17, 15) is 14.0 Å². The molecule has 0 fully saturated rings. The van der Waals surface area contributed by atoms with Crippen LogP contribution in [0.1, 0.15) is 43.3 Å². The average Bonchev–Trinajstić information content (AvgIpc) is 3.46. The van der Waals surface area contributed by atoms with Gasteiger partial charge in [-0.05, 0) is 71.8 Å². The monoisotopic (exact) mass is 443 g/mol. The first-order chi connectivity index (χ1) is 15.6. The standard InChI is InChI=1S/C26H18FNO3S/c27-18-10-7-16(8-11-18)23(29)15-31-26(30)24-20-5-1-2-6-22(20)28-25-17(9-12-21(24)25)14-19-4-3-13-32-19/h1-8,10-11,13-14H,9,12,15H2/b17-14+. The molecule has 5 rings (SSSR count). The zero-order valence-corrected chi connectivity index (χ0v) is 17.8. The van der Waals surface area contributed by atoms with E-state index in [0.29, 0.717) is 28.5 Å². The number of esters is 1.